The van der Waals surface area contributed by atoms with Crippen molar-refractivity contribution in [3.63, 3.8) is 0 Å². The number of esters is 1. The van der Waals surface area contributed by atoms with Crippen LogP contribution in [0.2, 0.25) is 5.02 Å². The summed E-state index contributed by atoms with van der Waals surface area (Å²) in [5, 5.41) is 3.52. The van der Waals surface area contributed by atoms with Crippen molar-refractivity contribution in [1.82, 2.24) is 0 Å². The highest BCUT2D eigenvalue weighted by Gasteiger charge is 2.43. The summed E-state index contributed by atoms with van der Waals surface area (Å²) in [6, 6.07) is 16.8. The molecule has 1 aliphatic carbocycles. The minimum absolute atomic E-state index is 0.184. The molecule has 7 heteroatoms. The average molecular weight is 459 g/mol. The molecule has 5 rings (SSSR count). The van der Waals surface area contributed by atoms with Gasteiger partial charge in [-0.15, -0.1) is 0 Å². The number of amides is 1. The Kier molecular flexibility index (Phi) is 5.23. The van der Waals surface area contributed by atoms with Crippen LogP contribution in [0.1, 0.15) is 43.6 Å². The second kappa shape index (κ2) is 8.22. The number of ketones is 1. The van der Waals surface area contributed by atoms with Crippen molar-refractivity contribution < 1.29 is 19.1 Å². The number of benzene rings is 3. The van der Waals surface area contributed by atoms with Gasteiger partial charge in [-0.3, -0.25) is 14.5 Å². The summed E-state index contributed by atoms with van der Waals surface area (Å²) < 4.78 is 5.09. The number of nitrogens with zero attached hydrogens (tertiary/aromatic N) is 1. The van der Waals surface area contributed by atoms with E-state index in [1.54, 1.807) is 25.1 Å². The molecule has 0 radical (unpaired) electrons. The largest absolute Gasteiger partial charge is 0.462 e. The van der Waals surface area contributed by atoms with Crippen LogP contribution < -0.4 is 10.2 Å². The first-order valence-corrected chi connectivity index (χ1v) is 10.9. The zero-order chi connectivity index (χ0) is 23.1. The summed E-state index contributed by atoms with van der Waals surface area (Å²) >= 11 is 6.28. The van der Waals surface area contributed by atoms with Crippen molar-refractivity contribution >= 4 is 52.4 Å². The second-order valence-corrected chi connectivity index (χ2v) is 8.14. The molecule has 164 valence electrons. The maximum absolute atomic E-state index is 13.8. The number of anilines is 3. The van der Waals surface area contributed by atoms with Gasteiger partial charge in [0, 0.05) is 22.0 Å². The molecule has 1 amide bonds. The number of ether oxygens (including phenoxy) is 1. The second-order valence-electron chi connectivity index (χ2n) is 7.71. The van der Waals surface area contributed by atoms with Gasteiger partial charge in [0.2, 0.25) is 0 Å². The monoisotopic (exact) mass is 458 g/mol. The maximum Gasteiger partial charge on any atom is 0.338 e. The van der Waals surface area contributed by atoms with E-state index in [0.29, 0.717) is 28.1 Å². The Morgan fingerprint density at radius 2 is 1.85 bits per heavy atom. The van der Waals surface area contributed by atoms with Gasteiger partial charge in [-0.25, -0.2) is 4.79 Å². The normalized spacial score (nSPS) is 16.1. The quantitative estimate of drug-likeness (QED) is 0.511. The van der Waals surface area contributed by atoms with E-state index in [4.69, 9.17) is 16.3 Å². The molecule has 3 aromatic carbocycles. The molecule has 2 bridgehead atoms. The number of carbonyl (C=O) groups excluding carboxylic acids is 3. The highest BCUT2D eigenvalue weighted by molar-refractivity contribution is 6.32. The van der Waals surface area contributed by atoms with E-state index in [9.17, 15) is 14.4 Å². The van der Waals surface area contributed by atoms with E-state index in [0.717, 1.165) is 5.69 Å². The molecule has 6 nitrogen and oxygen atoms in total. The van der Waals surface area contributed by atoms with Gasteiger partial charge in [0.1, 0.15) is 6.04 Å². The Morgan fingerprint density at radius 1 is 1.06 bits per heavy atom. The summed E-state index contributed by atoms with van der Waals surface area (Å²) in [5.41, 5.74) is 3.28. The summed E-state index contributed by atoms with van der Waals surface area (Å²) in [4.78, 5) is 41.0. The standard InChI is InChI=1S/C26H19ClN2O4/c1-2-33-26(32)16-12-17(27)14-19(13-16)29-21-11-9-15-8-10-20(28-18-6-4-3-5-7-18)23(25(29)31)22(15)24(21)30/h3-14,21,28H,2H2,1H3. The first-order valence-electron chi connectivity index (χ1n) is 10.5. The lowest BCUT2D eigenvalue weighted by molar-refractivity contribution is 0.0526. The Hall–Kier alpha value is -3.90. The van der Waals surface area contributed by atoms with Crippen LogP contribution in [0.5, 0.6) is 0 Å². The fourth-order valence-corrected chi connectivity index (χ4v) is 4.46. The number of rotatable bonds is 5. The van der Waals surface area contributed by atoms with Gasteiger partial charge < -0.3 is 10.1 Å². The van der Waals surface area contributed by atoms with Crippen LogP contribution in [0, 0.1) is 0 Å². The Labute approximate surface area is 195 Å². The minimum atomic E-state index is -0.821. The number of hydrogen-bond acceptors (Lipinski definition) is 5. The van der Waals surface area contributed by atoms with Crippen molar-refractivity contribution in [2.24, 2.45) is 0 Å². The number of Topliss-reactive ketones (excluding diaryl/α,β-unsaturated/α-hetero) is 1. The fourth-order valence-electron chi connectivity index (χ4n) is 4.23. The third-order valence-corrected chi connectivity index (χ3v) is 5.86. The SMILES string of the molecule is CCOC(=O)c1cc(Cl)cc(N2C(=O)c3c(Nc4ccccc4)ccc4c3C(=O)C2C=C4)c1. The molecular formula is C26H19ClN2O4. The number of carbonyl (C=O) groups is 3. The van der Waals surface area contributed by atoms with E-state index < -0.39 is 12.0 Å². The number of para-hydroxylation sites is 1. The molecule has 2 aliphatic rings. The predicted molar refractivity (Wildman–Crippen MR) is 128 cm³/mol. The molecule has 1 atom stereocenters. The molecule has 1 heterocycles. The zero-order valence-electron chi connectivity index (χ0n) is 17.7. The van der Waals surface area contributed by atoms with Gasteiger partial charge in [0.25, 0.3) is 5.91 Å². The van der Waals surface area contributed by atoms with E-state index >= 15 is 0 Å². The average Bonchev–Trinajstić information content (AvgIpc) is 2.80. The highest BCUT2D eigenvalue weighted by atomic mass is 35.5. The van der Waals surface area contributed by atoms with Crippen molar-refractivity contribution in [3.05, 3.63) is 94.0 Å². The third kappa shape index (κ3) is 3.58. The van der Waals surface area contributed by atoms with Gasteiger partial charge in [0.15, 0.2) is 5.78 Å². The highest BCUT2D eigenvalue weighted by Crippen LogP contribution is 2.39. The molecular weight excluding hydrogens is 440 g/mol. The van der Waals surface area contributed by atoms with Crippen molar-refractivity contribution in [1.29, 1.82) is 0 Å². The molecule has 1 N–H and O–H groups in total. The topological polar surface area (TPSA) is 75.7 Å². The lowest BCUT2D eigenvalue weighted by Crippen LogP contribution is -2.50. The molecule has 0 aromatic heterocycles. The third-order valence-electron chi connectivity index (χ3n) is 5.65. The number of hydrogen-bond donors (Lipinski definition) is 1. The first kappa shape index (κ1) is 21.0. The molecule has 33 heavy (non-hydrogen) atoms. The Balaban J connectivity index is 1.64. The molecule has 0 saturated carbocycles. The molecule has 3 aromatic rings. The number of nitrogens with one attached hydrogen (secondary N) is 1. The summed E-state index contributed by atoms with van der Waals surface area (Å²) in [6.45, 7) is 1.91. The van der Waals surface area contributed by atoms with Crippen LogP contribution in [0.25, 0.3) is 6.08 Å². The lowest BCUT2D eigenvalue weighted by atomic mass is 9.82. The lowest BCUT2D eigenvalue weighted by Gasteiger charge is -2.37. The van der Waals surface area contributed by atoms with E-state index in [1.165, 1.54) is 17.0 Å². The van der Waals surface area contributed by atoms with E-state index in [1.807, 2.05) is 42.5 Å². The van der Waals surface area contributed by atoms with Crippen molar-refractivity contribution in [3.8, 4) is 0 Å². The van der Waals surface area contributed by atoms with Crippen LogP contribution in [0.4, 0.5) is 17.1 Å². The fraction of sp³-hybridized carbons (Fsp3) is 0.115. The molecule has 0 saturated heterocycles. The van der Waals surface area contributed by atoms with Crippen LogP contribution in [0.15, 0.2) is 66.7 Å². The van der Waals surface area contributed by atoms with Crippen molar-refractivity contribution in [2.45, 2.75) is 13.0 Å². The Morgan fingerprint density at radius 3 is 2.61 bits per heavy atom. The zero-order valence-corrected chi connectivity index (χ0v) is 18.4. The molecule has 0 spiro atoms. The number of halogens is 1. The van der Waals surface area contributed by atoms with Crippen LogP contribution >= 0.6 is 11.6 Å². The maximum atomic E-state index is 13.8. The smallest absolute Gasteiger partial charge is 0.338 e. The van der Waals surface area contributed by atoms with Gasteiger partial charge in [-0.2, -0.15) is 0 Å². The summed E-state index contributed by atoms with van der Waals surface area (Å²) in [7, 11) is 0. The number of fused-ring (bicyclic) bond motifs is 1. The molecule has 1 unspecified atom stereocenters. The van der Waals surface area contributed by atoms with Crippen molar-refractivity contribution in [2.75, 3.05) is 16.8 Å². The van der Waals surface area contributed by atoms with Gasteiger partial charge in [-0.1, -0.05) is 48.0 Å². The van der Waals surface area contributed by atoms with Gasteiger partial charge in [0.05, 0.1) is 23.4 Å². The minimum Gasteiger partial charge on any atom is -0.462 e. The van der Waals surface area contributed by atoms with Crippen LogP contribution in [-0.4, -0.2) is 30.3 Å². The van der Waals surface area contributed by atoms with Crippen LogP contribution in [0.3, 0.4) is 0 Å². The van der Waals surface area contributed by atoms with Gasteiger partial charge >= 0.3 is 5.97 Å². The first-order chi connectivity index (χ1) is 16.0. The summed E-state index contributed by atoms with van der Waals surface area (Å²) in [6.07, 6.45) is 3.54. The molecule has 0 fully saturated rings. The molecule has 1 aliphatic heterocycles. The van der Waals surface area contributed by atoms with E-state index in [2.05, 4.69) is 5.32 Å². The van der Waals surface area contributed by atoms with E-state index in [-0.39, 0.29) is 28.9 Å². The predicted octanol–water partition coefficient (Wildman–Crippen LogP) is 5.50. The Bertz CT molecular complexity index is 1330. The van der Waals surface area contributed by atoms with Gasteiger partial charge in [-0.05, 0) is 48.9 Å². The van der Waals surface area contributed by atoms with Crippen LogP contribution in [-0.2, 0) is 4.74 Å². The summed E-state index contributed by atoms with van der Waals surface area (Å²) in [5.74, 6) is -1.09.